The summed E-state index contributed by atoms with van der Waals surface area (Å²) < 4.78 is 1.53. The molecule has 2 N–H and O–H groups in total. The van der Waals surface area contributed by atoms with Crippen molar-refractivity contribution in [2.45, 2.75) is 58.4 Å². The molecule has 0 atom stereocenters. The summed E-state index contributed by atoms with van der Waals surface area (Å²) in [5.41, 5.74) is 6.05. The Hall–Kier alpha value is -2.37. The molecule has 0 saturated heterocycles. The van der Waals surface area contributed by atoms with Crippen LogP contribution in [0.15, 0.2) is 29.1 Å². The van der Waals surface area contributed by atoms with Gasteiger partial charge in [-0.05, 0) is 31.4 Å². The number of amides is 1. The first-order chi connectivity index (χ1) is 12.2. The summed E-state index contributed by atoms with van der Waals surface area (Å²) in [5, 5.41) is 0.582. The number of hydrogen-bond donors (Lipinski definition) is 2. The van der Waals surface area contributed by atoms with Crippen molar-refractivity contribution >= 4 is 22.8 Å². The first kappa shape index (κ1) is 17.5. The molecule has 1 aromatic heterocycles. The number of para-hydroxylation sites is 1. The lowest BCUT2D eigenvalue weighted by molar-refractivity contribution is -0.120. The first-order valence-corrected chi connectivity index (χ1v) is 9.23. The van der Waals surface area contributed by atoms with Gasteiger partial charge in [0.05, 0.1) is 10.9 Å². The van der Waals surface area contributed by atoms with Crippen LogP contribution in [0.2, 0.25) is 0 Å². The predicted molar refractivity (Wildman–Crippen MR) is 99.3 cm³/mol. The standard InChI is InChI=1S/C19H26N4O2/c1-2-23-18(25)15-10-6-7-11-16(15)20-19(23)22-21-17(24)13-12-14-8-4-3-5-9-14/h6-7,10-11,14H,2-5,8-9,12-13H2,1H3,(H,20,22)(H,21,24). The van der Waals surface area contributed by atoms with Gasteiger partial charge < -0.3 is 0 Å². The van der Waals surface area contributed by atoms with Gasteiger partial charge in [-0.3, -0.25) is 25.0 Å². The molecule has 2 aromatic rings. The molecule has 1 aromatic carbocycles. The van der Waals surface area contributed by atoms with Crippen molar-refractivity contribution in [2.75, 3.05) is 5.43 Å². The SMILES string of the molecule is CCn1c(NNC(=O)CCC2CCCCC2)nc2ccccc2c1=O. The Labute approximate surface area is 147 Å². The van der Waals surface area contributed by atoms with E-state index in [0.717, 1.165) is 6.42 Å². The molecule has 3 rings (SSSR count). The molecule has 1 heterocycles. The topological polar surface area (TPSA) is 76.0 Å². The molecule has 1 aliphatic carbocycles. The number of nitrogens with zero attached hydrogens (tertiary/aromatic N) is 2. The normalized spacial score (nSPS) is 15.2. The van der Waals surface area contributed by atoms with Gasteiger partial charge in [-0.15, -0.1) is 0 Å². The maximum atomic E-state index is 12.5. The third-order valence-electron chi connectivity index (χ3n) is 5.00. The van der Waals surface area contributed by atoms with Gasteiger partial charge in [0, 0.05) is 13.0 Å². The minimum atomic E-state index is -0.105. The second-order valence-corrected chi connectivity index (χ2v) is 6.72. The fourth-order valence-corrected chi connectivity index (χ4v) is 3.56. The molecule has 0 radical (unpaired) electrons. The number of hydrazine groups is 1. The van der Waals surface area contributed by atoms with E-state index in [-0.39, 0.29) is 11.5 Å². The van der Waals surface area contributed by atoms with E-state index >= 15 is 0 Å². The molecule has 6 heteroatoms. The van der Waals surface area contributed by atoms with Crippen molar-refractivity contribution in [2.24, 2.45) is 5.92 Å². The Morgan fingerprint density at radius 1 is 1.24 bits per heavy atom. The van der Waals surface area contributed by atoms with Crippen molar-refractivity contribution in [3.8, 4) is 0 Å². The average Bonchev–Trinajstić information content (AvgIpc) is 2.65. The molecule has 1 aliphatic rings. The largest absolute Gasteiger partial charge is 0.277 e. The Kier molecular flexibility index (Phi) is 5.68. The van der Waals surface area contributed by atoms with Crippen molar-refractivity contribution in [1.82, 2.24) is 15.0 Å². The summed E-state index contributed by atoms with van der Waals surface area (Å²) in [5.74, 6) is 0.986. The molecule has 25 heavy (non-hydrogen) atoms. The first-order valence-electron chi connectivity index (χ1n) is 9.23. The molecular weight excluding hydrogens is 316 g/mol. The smallest absolute Gasteiger partial charge is 0.262 e. The highest BCUT2D eigenvalue weighted by Gasteiger charge is 2.15. The van der Waals surface area contributed by atoms with Crippen molar-refractivity contribution in [3.05, 3.63) is 34.6 Å². The molecular formula is C19H26N4O2. The molecule has 0 bridgehead atoms. The van der Waals surface area contributed by atoms with Gasteiger partial charge >= 0.3 is 0 Å². The van der Waals surface area contributed by atoms with Gasteiger partial charge in [-0.25, -0.2) is 4.98 Å². The maximum absolute atomic E-state index is 12.5. The van der Waals surface area contributed by atoms with Crippen molar-refractivity contribution in [1.29, 1.82) is 0 Å². The van der Waals surface area contributed by atoms with Gasteiger partial charge in [0.15, 0.2) is 0 Å². The van der Waals surface area contributed by atoms with Gasteiger partial charge in [0.25, 0.3) is 5.56 Å². The van der Waals surface area contributed by atoms with Crippen LogP contribution in [0.1, 0.15) is 51.9 Å². The van der Waals surface area contributed by atoms with E-state index < -0.39 is 0 Å². The molecule has 1 saturated carbocycles. The zero-order valence-electron chi connectivity index (χ0n) is 14.8. The van der Waals surface area contributed by atoms with Crippen LogP contribution in [-0.4, -0.2) is 15.5 Å². The van der Waals surface area contributed by atoms with Crippen LogP contribution in [0.25, 0.3) is 10.9 Å². The van der Waals surface area contributed by atoms with E-state index in [9.17, 15) is 9.59 Å². The van der Waals surface area contributed by atoms with Crippen LogP contribution in [0.5, 0.6) is 0 Å². The second-order valence-electron chi connectivity index (χ2n) is 6.72. The van der Waals surface area contributed by atoms with Gasteiger partial charge in [-0.2, -0.15) is 0 Å². The molecule has 0 spiro atoms. The third-order valence-corrected chi connectivity index (χ3v) is 5.00. The van der Waals surface area contributed by atoms with E-state index in [2.05, 4.69) is 15.8 Å². The van der Waals surface area contributed by atoms with Crippen LogP contribution in [-0.2, 0) is 11.3 Å². The van der Waals surface area contributed by atoms with Gasteiger partial charge in [0.1, 0.15) is 0 Å². The summed E-state index contributed by atoms with van der Waals surface area (Å²) in [6.07, 6.45) is 7.81. The number of fused-ring (bicyclic) bond motifs is 1. The van der Waals surface area contributed by atoms with Crippen molar-refractivity contribution in [3.63, 3.8) is 0 Å². The number of hydrogen-bond acceptors (Lipinski definition) is 4. The number of carbonyl (C=O) groups excluding carboxylic acids is 1. The number of benzene rings is 1. The Morgan fingerprint density at radius 3 is 2.76 bits per heavy atom. The summed E-state index contributed by atoms with van der Waals surface area (Å²) in [6.45, 7) is 2.37. The predicted octanol–water partition coefficient (Wildman–Crippen LogP) is 3.22. The zero-order chi connectivity index (χ0) is 17.6. The monoisotopic (exact) mass is 342 g/mol. The summed E-state index contributed by atoms with van der Waals surface area (Å²) in [7, 11) is 0. The number of carbonyl (C=O) groups is 1. The summed E-state index contributed by atoms with van der Waals surface area (Å²) in [6, 6.07) is 7.24. The molecule has 1 fully saturated rings. The minimum Gasteiger partial charge on any atom is -0.277 e. The lowest BCUT2D eigenvalue weighted by Crippen LogP contribution is -2.34. The fourth-order valence-electron chi connectivity index (χ4n) is 3.56. The van der Waals surface area contributed by atoms with E-state index in [0.29, 0.717) is 35.7 Å². The fraction of sp³-hybridized carbons (Fsp3) is 0.526. The van der Waals surface area contributed by atoms with Crippen LogP contribution in [0, 0.1) is 5.92 Å². The Balaban J connectivity index is 1.64. The Bertz CT molecular complexity index is 794. The molecule has 0 unspecified atom stereocenters. The highest BCUT2D eigenvalue weighted by molar-refractivity contribution is 5.79. The summed E-state index contributed by atoms with van der Waals surface area (Å²) in [4.78, 5) is 29.1. The summed E-state index contributed by atoms with van der Waals surface area (Å²) >= 11 is 0. The molecule has 6 nitrogen and oxygen atoms in total. The number of anilines is 1. The van der Waals surface area contributed by atoms with E-state index in [1.807, 2.05) is 19.1 Å². The average molecular weight is 342 g/mol. The van der Waals surface area contributed by atoms with Crippen LogP contribution in [0.3, 0.4) is 0 Å². The second kappa shape index (κ2) is 8.14. The maximum Gasteiger partial charge on any atom is 0.262 e. The van der Waals surface area contributed by atoms with E-state index in [4.69, 9.17) is 0 Å². The van der Waals surface area contributed by atoms with E-state index in [1.54, 1.807) is 12.1 Å². The van der Waals surface area contributed by atoms with Crippen LogP contribution < -0.4 is 16.4 Å². The zero-order valence-corrected chi connectivity index (χ0v) is 14.8. The lowest BCUT2D eigenvalue weighted by atomic mass is 9.86. The Morgan fingerprint density at radius 2 is 2.00 bits per heavy atom. The molecule has 1 amide bonds. The molecule has 0 aliphatic heterocycles. The van der Waals surface area contributed by atoms with Crippen LogP contribution in [0.4, 0.5) is 5.95 Å². The minimum absolute atomic E-state index is 0.0596. The number of nitrogens with one attached hydrogen (secondary N) is 2. The van der Waals surface area contributed by atoms with E-state index in [1.165, 1.54) is 36.7 Å². The highest BCUT2D eigenvalue weighted by atomic mass is 16.2. The lowest BCUT2D eigenvalue weighted by Gasteiger charge is -2.21. The third kappa shape index (κ3) is 4.18. The van der Waals surface area contributed by atoms with Gasteiger partial charge in [-0.1, -0.05) is 44.2 Å². The molecule has 134 valence electrons. The quantitative estimate of drug-likeness (QED) is 0.790. The van der Waals surface area contributed by atoms with Crippen LogP contribution >= 0.6 is 0 Å². The number of aromatic nitrogens is 2. The van der Waals surface area contributed by atoms with Crippen molar-refractivity contribution < 1.29 is 4.79 Å². The van der Waals surface area contributed by atoms with Gasteiger partial charge in [0.2, 0.25) is 11.9 Å². The number of rotatable bonds is 6. The highest BCUT2D eigenvalue weighted by Crippen LogP contribution is 2.27.